The van der Waals surface area contributed by atoms with E-state index in [4.69, 9.17) is 16.3 Å². The van der Waals surface area contributed by atoms with Crippen LogP contribution < -0.4 is 19.8 Å². The maximum absolute atomic E-state index is 14.1. The summed E-state index contributed by atoms with van der Waals surface area (Å²) in [7, 11) is 0. The third-order valence-electron chi connectivity index (χ3n) is 10.2. The van der Waals surface area contributed by atoms with E-state index in [0.717, 1.165) is 27.8 Å². The molecule has 2 saturated carbocycles. The van der Waals surface area contributed by atoms with Crippen molar-refractivity contribution >= 4 is 63.8 Å². The maximum Gasteiger partial charge on any atom is 0.418 e. The molecule has 2 bridgehead atoms. The molecule has 3 heterocycles. The van der Waals surface area contributed by atoms with Crippen LogP contribution >= 0.6 is 34.7 Å². The van der Waals surface area contributed by atoms with Crippen LogP contribution in [-0.4, -0.2) is 34.6 Å². The molecule has 3 amide bonds. The largest absolute Gasteiger partial charge is 0.483 e. The molecule has 14 heteroatoms. The summed E-state index contributed by atoms with van der Waals surface area (Å²) in [6.07, 6.45) is -3.99. The van der Waals surface area contributed by atoms with Crippen molar-refractivity contribution in [2.75, 3.05) is 16.8 Å². The molecular formula is C35H27ClF3N3O5S2. The molecule has 49 heavy (non-hydrogen) atoms. The van der Waals surface area contributed by atoms with Crippen molar-refractivity contribution in [2.24, 2.45) is 29.6 Å². The number of halogens is 4. The highest BCUT2D eigenvalue weighted by atomic mass is 35.5. The number of hydrogen-bond acceptors (Lipinski definition) is 7. The lowest BCUT2D eigenvalue weighted by Gasteiger charge is -2.43. The molecule has 2 N–H and O–H groups in total. The number of hydrogen-bond donors (Lipinski definition) is 2. The van der Waals surface area contributed by atoms with Crippen LogP contribution in [0.15, 0.2) is 76.6 Å². The quantitative estimate of drug-likeness (QED) is 0.205. The highest BCUT2D eigenvalue weighted by Crippen LogP contribution is 2.69. The smallest absolute Gasteiger partial charge is 0.418 e. The summed E-state index contributed by atoms with van der Waals surface area (Å²) in [6, 6.07) is 16.9. The number of aryl methyl sites for hydroxylation is 1. The van der Waals surface area contributed by atoms with Crippen molar-refractivity contribution in [3.05, 3.63) is 103 Å². The predicted molar refractivity (Wildman–Crippen MR) is 179 cm³/mol. The molecule has 0 radical (unpaired) electrons. The third kappa shape index (κ3) is 5.28. The van der Waals surface area contributed by atoms with E-state index in [1.165, 1.54) is 34.9 Å². The second kappa shape index (κ2) is 11.8. The van der Waals surface area contributed by atoms with E-state index >= 15 is 0 Å². The molecule has 1 saturated heterocycles. The third-order valence-corrected chi connectivity index (χ3v) is 13.0. The standard InChI is InChI=1S/C35H27ClF3N3O5S2/c1-15-6-9-17(10-7-15)42-32(44)27-19-13-20(28(27)33(42)45)29-26(19)25(30-31(48-29)41-34(46)49-30)18-12-16(36)8-11-23(18)47-14-24(43)40-22-5-3-2-4-21(22)35(37,38)39/h2-12,19-20,25-29H,13-14H2,1H3,(H,40,43)(H,41,46)/t19-,20-,25-,26?,27?,28?,29?/m1/s1. The number of carbonyl (C=O) groups is 3. The number of nitrogens with one attached hydrogen (secondary N) is 2. The van der Waals surface area contributed by atoms with E-state index in [1.54, 1.807) is 30.3 Å². The van der Waals surface area contributed by atoms with Crippen LogP contribution in [0.5, 0.6) is 5.75 Å². The van der Waals surface area contributed by atoms with Gasteiger partial charge < -0.3 is 15.0 Å². The summed E-state index contributed by atoms with van der Waals surface area (Å²) in [5.74, 6) is -2.85. The number of aromatic amines is 1. The Morgan fingerprint density at radius 1 is 1.02 bits per heavy atom. The number of nitrogens with zero attached hydrogens (tertiary/aromatic N) is 1. The Morgan fingerprint density at radius 3 is 2.47 bits per heavy atom. The molecule has 0 spiro atoms. The lowest BCUT2D eigenvalue weighted by molar-refractivity contribution is -0.137. The predicted octanol–water partition coefficient (Wildman–Crippen LogP) is 7.11. The average molecular weight is 726 g/mol. The van der Waals surface area contributed by atoms with Gasteiger partial charge in [-0.05, 0) is 73.6 Å². The van der Waals surface area contributed by atoms with E-state index in [-0.39, 0.29) is 51.1 Å². The van der Waals surface area contributed by atoms with E-state index in [1.807, 2.05) is 19.1 Å². The number of H-pyrrole nitrogens is 1. The van der Waals surface area contributed by atoms with Gasteiger partial charge in [0.05, 0.1) is 33.8 Å². The van der Waals surface area contributed by atoms with Gasteiger partial charge in [0.15, 0.2) is 6.61 Å². The number of aromatic nitrogens is 1. The second-order valence-corrected chi connectivity index (χ2v) is 15.5. The summed E-state index contributed by atoms with van der Waals surface area (Å²) < 4.78 is 46.6. The summed E-state index contributed by atoms with van der Waals surface area (Å²) in [5, 5.41) is 3.26. The summed E-state index contributed by atoms with van der Waals surface area (Å²) in [4.78, 5) is 58.4. The van der Waals surface area contributed by atoms with Gasteiger partial charge in [0.2, 0.25) is 11.8 Å². The molecule has 2 aliphatic carbocycles. The van der Waals surface area contributed by atoms with Crippen molar-refractivity contribution in [3.63, 3.8) is 0 Å². The Balaban J connectivity index is 1.12. The van der Waals surface area contributed by atoms with Crippen molar-refractivity contribution < 1.29 is 32.3 Å². The molecule has 1 aromatic heterocycles. The van der Waals surface area contributed by atoms with Crippen LogP contribution in [0.4, 0.5) is 24.5 Å². The van der Waals surface area contributed by atoms with Gasteiger partial charge in [-0.25, -0.2) is 0 Å². The van der Waals surface area contributed by atoms with Gasteiger partial charge in [-0.1, -0.05) is 52.8 Å². The van der Waals surface area contributed by atoms with Gasteiger partial charge in [0.25, 0.3) is 5.91 Å². The van der Waals surface area contributed by atoms with E-state index in [2.05, 4.69) is 10.3 Å². The molecule has 3 fully saturated rings. The van der Waals surface area contributed by atoms with Gasteiger partial charge in [-0.3, -0.25) is 24.1 Å². The minimum atomic E-state index is -4.67. The molecule has 7 atom stereocenters. The van der Waals surface area contributed by atoms with Crippen LogP contribution in [-0.2, 0) is 20.6 Å². The van der Waals surface area contributed by atoms with Crippen molar-refractivity contribution in [1.82, 2.24) is 4.98 Å². The van der Waals surface area contributed by atoms with E-state index < -0.39 is 42.0 Å². The topological polar surface area (TPSA) is 109 Å². The average Bonchev–Trinajstić information content (AvgIpc) is 3.79. The Bertz CT molecular complexity index is 2080. The number of alkyl halides is 3. The van der Waals surface area contributed by atoms with Crippen LogP contribution in [0.3, 0.4) is 0 Å². The molecule has 8 rings (SSSR count). The fourth-order valence-corrected chi connectivity index (χ4v) is 11.4. The van der Waals surface area contributed by atoms with Gasteiger partial charge in [-0.15, -0.1) is 11.8 Å². The summed E-state index contributed by atoms with van der Waals surface area (Å²) in [5.41, 5.74) is 0.787. The zero-order valence-corrected chi connectivity index (χ0v) is 28.0. The zero-order chi connectivity index (χ0) is 34.4. The molecule has 4 aromatic rings. The monoisotopic (exact) mass is 725 g/mol. The number of benzene rings is 3. The second-order valence-electron chi connectivity index (χ2n) is 12.9. The Labute approximate surface area is 291 Å². The number of anilines is 2. The first-order chi connectivity index (χ1) is 23.4. The number of carbonyl (C=O) groups excluding carboxylic acids is 3. The number of thiazole rings is 1. The number of para-hydroxylation sites is 1. The Hall–Kier alpha value is -4.07. The molecule has 2 aliphatic heterocycles. The first-order valence-electron chi connectivity index (χ1n) is 15.6. The molecule has 252 valence electrons. The molecule has 8 nitrogen and oxygen atoms in total. The van der Waals surface area contributed by atoms with Gasteiger partial charge in [0.1, 0.15) is 5.75 Å². The van der Waals surface area contributed by atoms with Crippen molar-refractivity contribution in [1.29, 1.82) is 0 Å². The maximum atomic E-state index is 14.1. The number of fused-ring (bicyclic) bond motifs is 9. The highest BCUT2D eigenvalue weighted by Gasteiger charge is 2.70. The van der Waals surface area contributed by atoms with Crippen LogP contribution in [0.1, 0.15) is 33.9 Å². The minimum Gasteiger partial charge on any atom is -0.483 e. The van der Waals surface area contributed by atoms with Gasteiger partial charge in [0, 0.05) is 26.6 Å². The molecule has 3 aromatic carbocycles. The fourth-order valence-electron chi connectivity index (χ4n) is 8.38. The summed E-state index contributed by atoms with van der Waals surface area (Å²) >= 11 is 9.13. The number of thioether (sulfide) groups is 1. The SMILES string of the molecule is Cc1ccc(N2C(=O)C3C(C2=O)[C@@H]2C[C@H]3C3Sc4[nH]c(=O)sc4[C@H](c4cc(Cl)ccc4OCC(=O)Nc4ccccc4C(F)(F)F)C32)cc1. The number of amides is 3. The van der Waals surface area contributed by atoms with Crippen LogP contribution in [0.2, 0.25) is 5.02 Å². The first-order valence-corrected chi connectivity index (χ1v) is 17.7. The van der Waals surface area contributed by atoms with E-state index in [9.17, 15) is 32.3 Å². The zero-order valence-electron chi connectivity index (χ0n) is 25.6. The van der Waals surface area contributed by atoms with Gasteiger partial charge >= 0.3 is 11.0 Å². The normalized spacial score (nSPS) is 26.8. The van der Waals surface area contributed by atoms with Crippen LogP contribution in [0, 0.1) is 36.5 Å². The molecule has 4 aliphatic rings. The lowest BCUT2D eigenvalue weighted by atomic mass is 9.68. The Kier molecular flexibility index (Phi) is 7.72. The number of imide groups is 1. The molecule has 4 unspecified atom stereocenters. The van der Waals surface area contributed by atoms with E-state index in [0.29, 0.717) is 27.7 Å². The van der Waals surface area contributed by atoms with Crippen LogP contribution in [0.25, 0.3) is 0 Å². The Morgan fingerprint density at radius 2 is 1.73 bits per heavy atom. The minimum absolute atomic E-state index is 0.0993. The van der Waals surface area contributed by atoms with Crippen molar-refractivity contribution in [2.45, 2.75) is 35.7 Å². The fraction of sp³-hybridized carbons (Fsp3) is 0.314. The van der Waals surface area contributed by atoms with Gasteiger partial charge in [-0.2, -0.15) is 13.2 Å². The summed E-state index contributed by atoms with van der Waals surface area (Å²) in [6.45, 7) is 1.34. The highest BCUT2D eigenvalue weighted by molar-refractivity contribution is 8.00. The lowest BCUT2D eigenvalue weighted by Crippen LogP contribution is -2.42. The van der Waals surface area contributed by atoms with Crippen molar-refractivity contribution in [3.8, 4) is 5.75 Å². The first kappa shape index (κ1) is 32.2. The number of rotatable bonds is 6. The molecular weight excluding hydrogens is 699 g/mol. The number of ether oxygens (including phenoxy) is 1.